The number of rotatable bonds is 3. The van der Waals surface area contributed by atoms with Gasteiger partial charge in [0.25, 0.3) is 5.91 Å². The molecule has 0 unspecified atom stereocenters. The first-order chi connectivity index (χ1) is 10.1. The van der Waals surface area contributed by atoms with Crippen LogP contribution in [0.5, 0.6) is 11.5 Å². The molecule has 106 valence electrons. The summed E-state index contributed by atoms with van der Waals surface area (Å²) in [6, 6.07) is 6.36. The number of aromatic nitrogens is 1. The summed E-state index contributed by atoms with van der Waals surface area (Å²) in [5.41, 5.74) is 1.23. The lowest BCUT2D eigenvalue weighted by Gasteiger charge is -2.10. The van der Waals surface area contributed by atoms with Crippen LogP contribution in [0.25, 0.3) is 0 Å². The van der Waals surface area contributed by atoms with Crippen molar-refractivity contribution in [2.45, 2.75) is 6.92 Å². The summed E-state index contributed by atoms with van der Waals surface area (Å²) >= 11 is 0. The van der Waals surface area contributed by atoms with E-state index in [1.807, 2.05) is 0 Å². The van der Waals surface area contributed by atoms with Crippen molar-refractivity contribution >= 4 is 17.4 Å². The summed E-state index contributed by atoms with van der Waals surface area (Å²) < 4.78 is 10.5. The maximum absolute atomic E-state index is 12.2. The lowest BCUT2D eigenvalue weighted by molar-refractivity contribution is 0.101. The number of Topliss-reactive ketones (excluding diaryl/α,β-unsaturated/α-hetero) is 1. The van der Waals surface area contributed by atoms with E-state index in [-0.39, 0.29) is 18.5 Å². The number of anilines is 1. The Labute approximate surface area is 120 Å². The van der Waals surface area contributed by atoms with Crippen LogP contribution in [-0.2, 0) is 0 Å². The molecule has 1 aromatic heterocycles. The Morgan fingerprint density at radius 3 is 2.48 bits per heavy atom. The Morgan fingerprint density at radius 2 is 1.81 bits per heavy atom. The van der Waals surface area contributed by atoms with Crippen LogP contribution in [0.2, 0.25) is 0 Å². The number of fused-ring (bicyclic) bond motifs is 1. The molecule has 3 rings (SSSR count). The molecule has 1 aromatic carbocycles. The monoisotopic (exact) mass is 284 g/mol. The fourth-order valence-corrected chi connectivity index (χ4v) is 2.03. The fraction of sp³-hybridized carbons (Fsp3) is 0.133. The van der Waals surface area contributed by atoms with Gasteiger partial charge in [-0.05, 0) is 25.1 Å². The third-order valence-corrected chi connectivity index (χ3v) is 3.08. The molecule has 0 aliphatic carbocycles. The molecule has 0 spiro atoms. The summed E-state index contributed by atoms with van der Waals surface area (Å²) in [5.74, 6) is 0.518. The van der Waals surface area contributed by atoms with Gasteiger partial charge >= 0.3 is 0 Å². The number of benzene rings is 1. The minimum absolute atomic E-state index is 0.106. The van der Waals surface area contributed by atoms with Gasteiger partial charge in [-0.2, -0.15) is 0 Å². The normalized spacial score (nSPS) is 12.0. The Bertz CT molecular complexity index is 713. The van der Waals surface area contributed by atoms with Crippen LogP contribution in [0.1, 0.15) is 27.6 Å². The van der Waals surface area contributed by atoms with Crippen molar-refractivity contribution in [3.63, 3.8) is 0 Å². The molecule has 0 saturated heterocycles. The lowest BCUT2D eigenvalue weighted by Crippen LogP contribution is -2.14. The summed E-state index contributed by atoms with van der Waals surface area (Å²) in [4.78, 5) is 27.8. The van der Waals surface area contributed by atoms with Crippen LogP contribution in [0.4, 0.5) is 5.69 Å². The average Bonchev–Trinajstić information content (AvgIpc) is 2.94. The molecule has 0 bridgehead atoms. The smallest absolute Gasteiger partial charge is 0.255 e. The average molecular weight is 284 g/mol. The van der Waals surface area contributed by atoms with Crippen molar-refractivity contribution in [1.82, 2.24) is 4.98 Å². The molecule has 0 atom stereocenters. The van der Waals surface area contributed by atoms with Crippen LogP contribution in [0.15, 0.2) is 36.7 Å². The number of hydrogen-bond acceptors (Lipinski definition) is 5. The van der Waals surface area contributed by atoms with Crippen LogP contribution in [0.3, 0.4) is 0 Å². The number of hydrogen-bond donors (Lipinski definition) is 1. The number of carbonyl (C=O) groups excluding carboxylic acids is 2. The maximum Gasteiger partial charge on any atom is 0.255 e. The van der Waals surface area contributed by atoms with E-state index in [0.29, 0.717) is 28.3 Å². The van der Waals surface area contributed by atoms with Gasteiger partial charge in [-0.1, -0.05) is 0 Å². The quantitative estimate of drug-likeness (QED) is 0.875. The first-order valence-electron chi connectivity index (χ1n) is 6.31. The molecule has 0 saturated carbocycles. The zero-order chi connectivity index (χ0) is 14.8. The SMILES string of the molecule is CC(=O)c1cc2c(cc1NC(=O)c1ccncc1)OCO2. The Hall–Kier alpha value is -2.89. The van der Waals surface area contributed by atoms with Crippen LogP contribution in [0, 0.1) is 0 Å². The van der Waals surface area contributed by atoms with Gasteiger partial charge in [0.1, 0.15) is 0 Å². The zero-order valence-electron chi connectivity index (χ0n) is 11.3. The minimum atomic E-state index is -0.321. The van der Waals surface area contributed by atoms with E-state index in [9.17, 15) is 9.59 Å². The number of carbonyl (C=O) groups is 2. The molecule has 0 radical (unpaired) electrons. The molecule has 1 N–H and O–H groups in total. The molecular formula is C15H12N2O4. The van der Waals surface area contributed by atoms with E-state index in [2.05, 4.69) is 10.3 Å². The maximum atomic E-state index is 12.2. The Morgan fingerprint density at radius 1 is 1.14 bits per heavy atom. The molecular weight excluding hydrogens is 272 g/mol. The van der Waals surface area contributed by atoms with Gasteiger partial charge in [-0.15, -0.1) is 0 Å². The van der Waals surface area contributed by atoms with Gasteiger partial charge in [0.05, 0.1) is 5.69 Å². The fourth-order valence-electron chi connectivity index (χ4n) is 2.03. The lowest BCUT2D eigenvalue weighted by atomic mass is 10.1. The third-order valence-electron chi connectivity index (χ3n) is 3.08. The van der Waals surface area contributed by atoms with E-state index < -0.39 is 0 Å². The van der Waals surface area contributed by atoms with E-state index in [1.54, 1.807) is 24.3 Å². The molecule has 2 heterocycles. The van der Waals surface area contributed by atoms with Gasteiger partial charge in [-0.25, -0.2) is 0 Å². The highest BCUT2D eigenvalue weighted by atomic mass is 16.7. The third kappa shape index (κ3) is 2.55. The van der Waals surface area contributed by atoms with E-state index >= 15 is 0 Å². The second-order valence-corrected chi connectivity index (χ2v) is 4.50. The van der Waals surface area contributed by atoms with Gasteiger partial charge in [0, 0.05) is 29.6 Å². The second kappa shape index (κ2) is 5.24. The van der Waals surface area contributed by atoms with Gasteiger partial charge in [0.2, 0.25) is 6.79 Å². The summed E-state index contributed by atoms with van der Waals surface area (Å²) in [6.07, 6.45) is 3.06. The number of ether oxygens (including phenoxy) is 2. The van der Waals surface area contributed by atoms with Crippen molar-refractivity contribution in [3.05, 3.63) is 47.8 Å². The highest BCUT2D eigenvalue weighted by Gasteiger charge is 2.20. The van der Waals surface area contributed by atoms with Crippen molar-refractivity contribution < 1.29 is 19.1 Å². The van der Waals surface area contributed by atoms with Crippen molar-refractivity contribution in [1.29, 1.82) is 0 Å². The largest absolute Gasteiger partial charge is 0.454 e. The number of nitrogens with one attached hydrogen (secondary N) is 1. The van der Waals surface area contributed by atoms with Crippen molar-refractivity contribution in [3.8, 4) is 11.5 Å². The van der Waals surface area contributed by atoms with Crippen molar-refractivity contribution in [2.24, 2.45) is 0 Å². The first-order valence-corrected chi connectivity index (χ1v) is 6.31. The number of ketones is 1. The molecule has 2 aromatic rings. The van der Waals surface area contributed by atoms with Gasteiger partial charge < -0.3 is 14.8 Å². The first kappa shape index (κ1) is 13.1. The van der Waals surface area contributed by atoms with Crippen molar-refractivity contribution in [2.75, 3.05) is 12.1 Å². The Kier molecular flexibility index (Phi) is 3.27. The van der Waals surface area contributed by atoms with Gasteiger partial charge in [-0.3, -0.25) is 14.6 Å². The second-order valence-electron chi connectivity index (χ2n) is 4.50. The van der Waals surface area contributed by atoms with E-state index in [1.165, 1.54) is 19.3 Å². The molecule has 1 aliphatic heterocycles. The molecule has 0 fully saturated rings. The van der Waals surface area contributed by atoms with Crippen LogP contribution < -0.4 is 14.8 Å². The van der Waals surface area contributed by atoms with Crippen LogP contribution >= 0.6 is 0 Å². The van der Waals surface area contributed by atoms with E-state index in [0.717, 1.165) is 0 Å². The standard InChI is InChI=1S/C15H12N2O4/c1-9(18)11-6-13-14(21-8-20-13)7-12(11)17-15(19)10-2-4-16-5-3-10/h2-7H,8H2,1H3,(H,17,19). The van der Waals surface area contributed by atoms with Crippen LogP contribution in [-0.4, -0.2) is 23.5 Å². The minimum Gasteiger partial charge on any atom is -0.454 e. The number of amides is 1. The molecule has 21 heavy (non-hydrogen) atoms. The highest BCUT2D eigenvalue weighted by Crippen LogP contribution is 2.37. The predicted octanol–water partition coefficient (Wildman–Crippen LogP) is 2.27. The molecule has 1 amide bonds. The number of pyridine rings is 1. The van der Waals surface area contributed by atoms with Gasteiger partial charge in [0.15, 0.2) is 17.3 Å². The topological polar surface area (TPSA) is 77.5 Å². The molecule has 1 aliphatic rings. The molecule has 6 heteroatoms. The zero-order valence-corrected chi connectivity index (χ0v) is 11.3. The number of nitrogens with zero attached hydrogens (tertiary/aromatic N) is 1. The summed E-state index contributed by atoms with van der Waals surface area (Å²) in [7, 11) is 0. The predicted molar refractivity (Wildman–Crippen MR) is 74.8 cm³/mol. The summed E-state index contributed by atoms with van der Waals surface area (Å²) in [6.45, 7) is 1.54. The highest BCUT2D eigenvalue weighted by molar-refractivity contribution is 6.09. The molecule has 6 nitrogen and oxygen atoms in total. The summed E-state index contributed by atoms with van der Waals surface area (Å²) in [5, 5.41) is 2.71. The van der Waals surface area contributed by atoms with E-state index in [4.69, 9.17) is 9.47 Å². The Balaban J connectivity index is 1.95.